The van der Waals surface area contributed by atoms with Gasteiger partial charge >= 0.3 is 6.09 Å². The Balaban J connectivity index is 2.23. The quantitative estimate of drug-likeness (QED) is 0.420. The molecule has 1 unspecified atom stereocenters. The normalized spacial score (nSPS) is 21.9. The largest absolute Gasteiger partial charge is 0.446 e. The van der Waals surface area contributed by atoms with E-state index >= 15 is 0 Å². The van der Waals surface area contributed by atoms with Gasteiger partial charge in [-0.3, -0.25) is 9.69 Å². The molecule has 0 aromatic rings. The Morgan fingerprint density at radius 3 is 2.54 bits per heavy atom. The Kier molecular flexibility index (Phi) is 10.5. The highest BCUT2D eigenvalue weighted by molar-refractivity contribution is 7.89. The molecule has 1 saturated heterocycles. The van der Waals surface area contributed by atoms with E-state index in [1.54, 1.807) is 40.2 Å². The van der Waals surface area contributed by atoms with Gasteiger partial charge in [0.05, 0.1) is 23.6 Å². The van der Waals surface area contributed by atoms with Gasteiger partial charge in [0, 0.05) is 45.8 Å². The molecule has 0 bridgehead atoms. The summed E-state index contributed by atoms with van der Waals surface area (Å²) in [6, 6.07) is -0.175. The number of hydrogen-bond acceptors (Lipinski definition) is 6. The Bertz CT molecular complexity index is 944. The number of hydrogen-bond donors (Lipinski definition) is 0. The minimum atomic E-state index is -3.11. The lowest BCUT2D eigenvalue weighted by Crippen LogP contribution is -2.48. The monoisotopic (exact) mass is 510 g/mol. The number of amides is 2. The van der Waals surface area contributed by atoms with Gasteiger partial charge in [-0.2, -0.15) is 0 Å². The maximum Gasteiger partial charge on any atom is 0.414 e. The first kappa shape index (κ1) is 29.1. The van der Waals surface area contributed by atoms with Crippen LogP contribution in [0.2, 0.25) is 0 Å². The van der Waals surface area contributed by atoms with Crippen molar-refractivity contribution < 1.29 is 22.7 Å². The molecule has 2 rings (SSSR count). The molecule has 2 heterocycles. The number of allylic oxidation sites excluding steroid dienone is 2. The van der Waals surface area contributed by atoms with Gasteiger partial charge in [0.2, 0.25) is 15.9 Å². The fourth-order valence-electron chi connectivity index (χ4n) is 4.44. The summed E-state index contributed by atoms with van der Waals surface area (Å²) in [5.74, 6) is 0.254. The molecule has 2 aliphatic heterocycles. The standard InChI is InChI=1S/C25H42N4O5S/c1-8-22(23(9-2)17-26(7)12-13-27-11-10-14-35(27,32)33)15-24-18-28(21(6)30)20(5)16-29(24)25(31)34-19(3)4/h8,15,18-20,23H,1,9-14,16-17H2,2-7H3/b22-15+/t20-,23?/m0/s1. The van der Waals surface area contributed by atoms with Crippen LogP contribution >= 0.6 is 0 Å². The van der Waals surface area contributed by atoms with Crippen molar-refractivity contribution in [3.8, 4) is 0 Å². The topological polar surface area (TPSA) is 90.5 Å². The van der Waals surface area contributed by atoms with Gasteiger partial charge in [0.1, 0.15) is 0 Å². The summed E-state index contributed by atoms with van der Waals surface area (Å²) < 4.78 is 31.2. The van der Waals surface area contributed by atoms with E-state index < -0.39 is 16.1 Å². The van der Waals surface area contributed by atoms with Crippen molar-refractivity contribution in [3.05, 3.63) is 36.2 Å². The average Bonchev–Trinajstić information content (AvgIpc) is 3.12. The summed E-state index contributed by atoms with van der Waals surface area (Å²) in [6.07, 6.45) is 6.21. The second-order valence-corrected chi connectivity index (χ2v) is 11.7. The van der Waals surface area contributed by atoms with E-state index in [2.05, 4.69) is 18.4 Å². The van der Waals surface area contributed by atoms with E-state index in [9.17, 15) is 18.0 Å². The van der Waals surface area contributed by atoms with Crippen LogP contribution < -0.4 is 0 Å². The lowest BCUT2D eigenvalue weighted by atomic mass is 9.94. The number of nitrogens with zero attached hydrogens (tertiary/aromatic N) is 4. The Morgan fingerprint density at radius 1 is 1.34 bits per heavy atom. The number of ether oxygens (including phenoxy) is 1. The second kappa shape index (κ2) is 12.7. The average molecular weight is 511 g/mol. The zero-order valence-corrected chi connectivity index (χ0v) is 22.9. The van der Waals surface area contributed by atoms with Crippen LogP contribution in [0.25, 0.3) is 0 Å². The molecular formula is C25H42N4O5S. The number of likely N-dealkylation sites (N-methyl/N-ethyl adjacent to an activating group) is 1. The summed E-state index contributed by atoms with van der Waals surface area (Å²) >= 11 is 0. The third kappa shape index (κ3) is 7.91. The van der Waals surface area contributed by atoms with Crippen LogP contribution in [-0.4, -0.2) is 97.1 Å². The first-order chi connectivity index (χ1) is 16.4. The van der Waals surface area contributed by atoms with Crippen molar-refractivity contribution in [2.75, 3.05) is 45.5 Å². The molecule has 0 aromatic heterocycles. The molecule has 9 nitrogen and oxygen atoms in total. The predicted octanol–water partition coefficient (Wildman–Crippen LogP) is 3.03. The fraction of sp³-hybridized carbons (Fsp3) is 0.680. The number of carbonyl (C=O) groups is 2. The van der Waals surface area contributed by atoms with Gasteiger partial charge in [-0.15, -0.1) is 0 Å². The first-order valence-corrected chi connectivity index (χ1v) is 14.0. The molecule has 2 atom stereocenters. The van der Waals surface area contributed by atoms with Crippen LogP contribution in [0, 0.1) is 5.92 Å². The smallest absolute Gasteiger partial charge is 0.414 e. The SMILES string of the molecule is C=C/C(=C\C1=CN(C(C)=O)[C@@H](C)CN1C(=O)OC(C)C)C(CC)CN(C)CCN1CCCS1(=O)=O. The molecule has 10 heteroatoms. The number of carbonyl (C=O) groups excluding carboxylic acids is 2. The van der Waals surface area contributed by atoms with Crippen LogP contribution in [-0.2, 0) is 19.6 Å². The van der Waals surface area contributed by atoms with Crippen molar-refractivity contribution in [1.29, 1.82) is 0 Å². The van der Waals surface area contributed by atoms with E-state index in [0.29, 0.717) is 44.8 Å². The molecule has 0 aliphatic carbocycles. The lowest BCUT2D eigenvalue weighted by molar-refractivity contribution is -0.128. The molecular weight excluding hydrogens is 468 g/mol. The molecule has 0 aromatic carbocycles. The molecule has 0 saturated carbocycles. The van der Waals surface area contributed by atoms with Crippen LogP contribution in [0.5, 0.6) is 0 Å². The van der Waals surface area contributed by atoms with Gasteiger partial charge in [0.15, 0.2) is 0 Å². The van der Waals surface area contributed by atoms with E-state index in [1.165, 1.54) is 6.92 Å². The second-order valence-electron chi connectivity index (χ2n) is 9.66. The minimum absolute atomic E-state index is 0.0935. The van der Waals surface area contributed by atoms with Crippen molar-refractivity contribution in [2.45, 2.75) is 59.6 Å². The van der Waals surface area contributed by atoms with Crippen LogP contribution in [0.1, 0.15) is 47.5 Å². The fourth-order valence-corrected chi connectivity index (χ4v) is 5.95. The maximum atomic E-state index is 12.8. The Labute approximate surface area is 211 Å². The van der Waals surface area contributed by atoms with E-state index in [0.717, 1.165) is 12.0 Å². The van der Waals surface area contributed by atoms with Gasteiger partial charge in [-0.1, -0.05) is 19.6 Å². The number of sulfonamides is 1. The highest BCUT2D eigenvalue weighted by Crippen LogP contribution is 2.26. The summed E-state index contributed by atoms with van der Waals surface area (Å²) in [4.78, 5) is 30.3. The summed E-state index contributed by atoms with van der Waals surface area (Å²) in [6.45, 7) is 15.8. The third-order valence-corrected chi connectivity index (χ3v) is 8.36. The van der Waals surface area contributed by atoms with Crippen molar-refractivity contribution >= 4 is 22.0 Å². The highest BCUT2D eigenvalue weighted by Gasteiger charge is 2.31. The number of rotatable bonds is 10. The van der Waals surface area contributed by atoms with Crippen molar-refractivity contribution in [2.24, 2.45) is 5.92 Å². The van der Waals surface area contributed by atoms with E-state index in [1.807, 2.05) is 20.0 Å². The predicted molar refractivity (Wildman–Crippen MR) is 138 cm³/mol. The molecule has 0 radical (unpaired) electrons. The molecule has 35 heavy (non-hydrogen) atoms. The molecule has 0 spiro atoms. The lowest BCUT2D eigenvalue weighted by Gasteiger charge is -2.37. The van der Waals surface area contributed by atoms with Crippen LogP contribution in [0.4, 0.5) is 4.79 Å². The first-order valence-electron chi connectivity index (χ1n) is 12.4. The van der Waals surface area contributed by atoms with Crippen molar-refractivity contribution in [1.82, 2.24) is 19.0 Å². The maximum absolute atomic E-state index is 12.8. The van der Waals surface area contributed by atoms with Gasteiger partial charge in [-0.25, -0.2) is 17.5 Å². The van der Waals surface area contributed by atoms with Gasteiger partial charge in [-0.05, 0) is 58.2 Å². The summed E-state index contributed by atoms with van der Waals surface area (Å²) in [5, 5.41) is 0. The Morgan fingerprint density at radius 2 is 2.03 bits per heavy atom. The zero-order chi connectivity index (χ0) is 26.3. The summed E-state index contributed by atoms with van der Waals surface area (Å²) in [5.41, 5.74) is 1.53. The summed E-state index contributed by atoms with van der Waals surface area (Å²) in [7, 11) is -1.12. The molecule has 2 aliphatic rings. The van der Waals surface area contributed by atoms with Crippen molar-refractivity contribution in [3.63, 3.8) is 0 Å². The molecule has 1 fully saturated rings. The Hall–Kier alpha value is -2.17. The molecule has 0 N–H and O–H groups in total. The third-order valence-electron chi connectivity index (χ3n) is 6.41. The highest BCUT2D eigenvalue weighted by atomic mass is 32.2. The minimum Gasteiger partial charge on any atom is -0.446 e. The van der Waals surface area contributed by atoms with E-state index in [4.69, 9.17) is 4.74 Å². The molecule has 198 valence electrons. The van der Waals surface area contributed by atoms with Gasteiger partial charge in [0.25, 0.3) is 0 Å². The van der Waals surface area contributed by atoms with Crippen LogP contribution in [0.3, 0.4) is 0 Å². The van der Waals surface area contributed by atoms with Crippen LogP contribution in [0.15, 0.2) is 36.2 Å². The van der Waals surface area contributed by atoms with Gasteiger partial charge < -0.3 is 14.5 Å². The van der Waals surface area contributed by atoms with E-state index in [-0.39, 0.29) is 29.7 Å². The zero-order valence-electron chi connectivity index (χ0n) is 22.1. The molecule has 2 amide bonds.